The number of amides is 1. The van der Waals surface area contributed by atoms with Gasteiger partial charge in [-0.15, -0.1) is 0 Å². The van der Waals surface area contributed by atoms with Crippen LogP contribution in [0.5, 0.6) is 0 Å². The summed E-state index contributed by atoms with van der Waals surface area (Å²) < 4.78 is 26.7. The minimum absolute atomic E-state index is 0.0410. The number of sulfonamides is 1. The van der Waals surface area contributed by atoms with E-state index in [4.69, 9.17) is 0 Å². The average Bonchev–Trinajstić information content (AvgIpc) is 2.58. The summed E-state index contributed by atoms with van der Waals surface area (Å²) in [6.07, 6.45) is 1.49. The Hall–Kier alpha value is -2.04. The summed E-state index contributed by atoms with van der Waals surface area (Å²) >= 11 is 0. The van der Waals surface area contributed by atoms with Gasteiger partial charge in [0.15, 0.2) is 4.90 Å². The smallest absolute Gasteiger partial charge is 0.289 e. The van der Waals surface area contributed by atoms with Crippen molar-refractivity contribution >= 4 is 21.6 Å². The lowest BCUT2D eigenvalue weighted by Crippen LogP contribution is -2.44. The number of piperidine rings is 1. The van der Waals surface area contributed by atoms with Crippen LogP contribution in [0.3, 0.4) is 0 Å². The zero-order valence-corrected chi connectivity index (χ0v) is 14.7. The molecule has 1 heterocycles. The molecule has 1 aliphatic heterocycles. The monoisotopic (exact) mass is 370 g/mol. The number of rotatable bonds is 7. The predicted molar refractivity (Wildman–Crippen MR) is 91.5 cm³/mol. The van der Waals surface area contributed by atoms with E-state index in [1.165, 1.54) is 18.2 Å². The lowest BCUT2D eigenvalue weighted by Gasteiger charge is -2.27. The maximum absolute atomic E-state index is 12.2. The highest BCUT2D eigenvalue weighted by Crippen LogP contribution is 2.22. The minimum Gasteiger partial charge on any atom is -0.355 e. The van der Waals surface area contributed by atoms with Crippen molar-refractivity contribution in [1.29, 1.82) is 0 Å². The lowest BCUT2D eigenvalue weighted by atomic mass is 9.92. The van der Waals surface area contributed by atoms with Gasteiger partial charge in [0.1, 0.15) is 0 Å². The summed E-state index contributed by atoms with van der Waals surface area (Å²) in [5.41, 5.74) is -0.484. The molecule has 2 rings (SSSR count). The van der Waals surface area contributed by atoms with Gasteiger partial charge in [-0.25, -0.2) is 13.1 Å². The molecule has 1 aromatic rings. The number of nitro benzene ring substituents is 1. The van der Waals surface area contributed by atoms with E-state index in [2.05, 4.69) is 15.4 Å². The summed E-state index contributed by atoms with van der Waals surface area (Å²) in [4.78, 5) is 21.9. The molecule has 1 saturated heterocycles. The number of hydrogen-bond acceptors (Lipinski definition) is 6. The Kier molecular flexibility index (Phi) is 6.45. The first-order valence-electron chi connectivity index (χ1n) is 8.05. The fourth-order valence-corrected chi connectivity index (χ4v) is 4.00. The standard InChI is InChI=1S/C15H22N4O5S/c1-11-10-12(6-7-16-11)15(20)17-8-9-18-25(23,24)14-5-3-2-4-13(14)19(21)22/h2-5,11-12,16,18H,6-10H2,1H3,(H,17,20)/t11-,12-/m0/s1. The van der Waals surface area contributed by atoms with E-state index in [0.29, 0.717) is 0 Å². The number of nitrogens with one attached hydrogen (secondary N) is 3. The highest BCUT2D eigenvalue weighted by Gasteiger charge is 2.26. The van der Waals surface area contributed by atoms with E-state index in [-0.39, 0.29) is 31.0 Å². The Bertz CT molecular complexity index is 737. The van der Waals surface area contributed by atoms with Gasteiger partial charge in [0.2, 0.25) is 15.9 Å². The molecule has 2 atom stereocenters. The number of benzene rings is 1. The van der Waals surface area contributed by atoms with Crippen LogP contribution >= 0.6 is 0 Å². The highest BCUT2D eigenvalue weighted by molar-refractivity contribution is 7.89. The molecule has 138 valence electrons. The highest BCUT2D eigenvalue weighted by atomic mass is 32.2. The van der Waals surface area contributed by atoms with Gasteiger partial charge in [-0.2, -0.15) is 0 Å². The third-order valence-electron chi connectivity index (χ3n) is 4.06. The SMILES string of the molecule is C[C@H]1C[C@@H](C(=O)NCCNS(=O)(=O)c2ccccc2[N+](=O)[O-])CCN1. The van der Waals surface area contributed by atoms with Crippen LogP contribution in [-0.2, 0) is 14.8 Å². The molecule has 0 radical (unpaired) electrons. The van der Waals surface area contributed by atoms with Crippen LogP contribution in [0.4, 0.5) is 5.69 Å². The van der Waals surface area contributed by atoms with Gasteiger partial charge in [0.05, 0.1) is 4.92 Å². The van der Waals surface area contributed by atoms with Gasteiger partial charge < -0.3 is 10.6 Å². The van der Waals surface area contributed by atoms with Crippen molar-refractivity contribution in [2.24, 2.45) is 5.92 Å². The minimum atomic E-state index is -4.02. The molecule has 1 amide bonds. The molecule has 1 fully saturated rings. The van der Waals surface area contributed by atoms with Crippen LogP contribution in [0.1, 0.15) is 19.8 Å². The lowest BCUT2D eigenvalue weighted by molar-refractivity contribution is -0.387. The molecular formula is C15H22N4O5S. The van der Waals surface area contributed by atoms with Crippen molar-refractivity contribution < 1.29 is 18.1 Å². The number of carbonyl (C=O) groups is 1. The number of para-hydroxylation sites is 1. The molecule has 3 N–H and O–H groups in total. The molecule has 1 aromatic carbocycles. The summed E-state index contributed by atoms with van der Waals surface area (Å²) in [5.74, 6) is -0.179. The van der Waals surface area contributed by atoms with E-state index in [0.717, 1.165) is 25.5 Å². The summed E-state index contributed by atoms with van der Waals surface area (Å²) in [5, 5.41) is 16.9. The molecular weight excluding hydrogens is 348 g/mol. The number of carbonyl (C=O) groups excluding carboxylic acids is 1. The van der Waals surface area contributed by atoms with Crippen LogP contribution in [-0.4, -0.2) is 44.9 Å². The van der Waals surface area contributed by atoms with Crippen molar-refractivity contribution in [3.8, 4) is 0 Å². The van der Waals surface area contributed by atoms with E-state index in [1.807, 2.05) is 6.92 Å². The molecule has 10 heteroatoms. The zero-order chi connectivity index (χ0) is 18.4. The molecule has 0 aromatic heterocycles. The van der Waals surface area contributed by atoms with Gasteiger partial charge in [-0.3, -0.25) is 14.9 Å². The van der Waals surface area contributed by atoms with Gasteiger partial charge in [-0.1, -0.05) is 12.1 Å². The van der Waals surface area contributed by atoms with E-state index in [9.17, 15) is 23.3 Å². The summed E-state index contributed by atoms with van der Waals surface area (Å²) in [7, 11) is -4.02. The molecule has 0 unspecified atom stereocenters. The molecule has 0 saturated carbocycles. The largest absolute Gasteiger partial charge is 0.355 e. The Balaban J connectivity index is 1.87. The normalized spacial score (nSPS) is 20.8. The van der Waals surface area contributed by atoms with Crippen LogP contribution < -0.4 is 15.4 Å². The quantitative estimate of drug-likeness (QED) is 0.361. The number of hydrogen-bond donors (Lipinski definition) is 3. The first-order valence-corrected chi connectivity index (χ1v) is 9.54. The summed E-state index contributed by atoms with van der Waals surface area (Å²) in [6.45, 7) is 2.88. The molecule has 9 nitrogen and oxygen atoms in total. The average molecular weight is 370 g/mol. The third-order valence-corrected chi connectivity index (χ3v) is 5.57. The topological polar surface area (TPSA) is 130 Å². The van der Waals surface area contributed by atoms with Crippen molar-refractivity contribution in [1.82, 2.24) is 15.4 Å². The fourth-order valence-electron chi connectivity index (χ4n) is 2.80. The first-order chi connectivity index (χ1) is 11.8. The Morgan fingerprint density at radius 3 is 2.76 bits per heavy atom. The summed E-state index contributed by atoms with van der Waals surface area (Å²) in [6, 6.07) is 5.41. The Morgan fingerprint density at radius 1 is 1.36 bits per heavy atom. The van der Waals surface area contributed by atoms with Crippen LogP contribution in [0.2, 0.25) is 0 Å². The van der Waals surface area contributed by atoms with Crippen LogP contribution in [0.15, 0.2) is 29.2 Å². The van der Waals surface area contributed by atoms with Gasteiger partial charge in [-0.05, 0) is 32.4 Å². The number of nitro groups is 1. The second-order valence-corrected chi connectivity index (χ2v) is 7.73. The van der Waals surface area contributed by atoms with Crippen molar-refractivity contribution in [2.75, 3.05) is 19.6 Å². The van der Waals surface area contributed by atoms with E-state index < -0.39 is 25.5 Å². The van der Waals surface area contributed by atoms with E-state index >= 15 is 0 Å². The third kappa shape index (κ3) is 5.21. The number of nitrogens with zero attached hydrogens (tertiary/aromatic N) is 1. The Labute approximate surface area is 146 Å². The van der Waals surface area contributed by atoms with Gasteiger partial charge >= 0.3 is 0 Å². The van der Waals surface area contributed by atoms with Crippen molar-refractivity contribution in [3.63, 3.8) is 0 Å². The zero-order valence-electron chi connectivity index (χ0n) is 13.9. The predicted octanol–water partition coefficient (Wildman–Crippen LogP) is 0.377. The van der Waals surface area contributed by atoms with E-state index in [1.54, 1.807) is 0 Å². The van der Waals surface area contributed by atoms with Crippen LogP contribution in [0, 0.1) is 16.0 Å². The molecule has 1 aliphatic rings. The second-order valence-electron chi connectivity index (χ2n) is 5.99. The van der Waals surface area contributed by atoms with Gasteiger partial charge in [0.25, 0.3) is 5.69 Å². The second kappa shape index (κ2) is 8.37. The molecule has 0 aliphatic carbocycles. The molecule has 25 heavy (non-hydrogen) atoms. The maximum atomic E-state index is 12.2. The fraction of sp³-hybridized carbons (Fsp3) is 0.533. The van der Waals surface area contributed by atoms with Crippen molar-refractivity contribution in [2.45, 2.75) is 30.7 Å². The first kappa shape index (κ1) is 19.3. The van der Waals surface area contributed by atoms with Gasteiger partial charge in [0, 0.05) is 31.1 Å². The maximum Gasteiger partial charge on any atom is 0.289 e. The van der Waals surface area contributed by atoms with Crippen LogP contribution in [0.25, 0.3) is 0 Å². The van der Waals surface area contributed by atoms with Crippen molar-refractivity contribution in [3.05, 3.63) is 34.4 Å². The molecule has 0 bridgehead atoms. The molecule has 0 spiro atoms. The Morgan fingerprint density at radius 2 is 2.08 bits per heavy atom.